The Morgan fingerprint density at radius 1 is 1.31 bits per heavy atom. The molecule has 0 saturated carbocycles. The monoisotopic (exact) mass is 396 g/mol. The zero-order valence-corrected chi connectivity index (χ0v) is 16.6. The topological polar surface area (TPSA) is 101 Å². The van der Waals surface area contributed by atoms with Gasteiger partial charge >= 0.3 is 5.69 Å². The summed E-state index contributed by atoms with van der Waals surface area (Å²) in [5, 5.41) is 0. The average Bonchev–Trinajstić information content (AvgIpc) is 3.16. The SMILES string of the molecule is Cc1[nH]c(=O)n(C)c(=O)c1CCC(=O)N1CCCC(c2nc3ccccc3o2)C1. The summed E-state index contributed by atoms with van der Waals surface area (Å²) in [6.45, 7) is 2.94. The van der Waals surface area contributed by atoms with Crippen molar-refractivity contribution in [3.63, 3.8) is 0 Å². The third-order valence-electron chi connectivity index (χ3n) is 5.64. The van der Waals surface area contributed by atoms with Crippen LogP contribution < -0.4 is 11.2 Å². The highest BCUT2D eigenvalue weighted by Crippen LogP contribution is 2.29. The lowest BCUT2D eigenvalue weighted by atomic mass is 9.97. The highest BCUT2D eigenvalue weighted by atomic mass is 16.3. The fourth-order valence-corrected chi connectivity index (χ4v) is 3.93. The number of hydrogen-bond acceptors (Lipinski definition) is 5. The second kappa shape index (κ2) is 7.69. The second-order valence-electron chi connectivity index (χ2n) is 7.60. The van der Waals surface area contributed by atoms with E-state index in [1.807, 2.05) is 29.2 Å². The highest BCUT2D eigenvalue weighted by molar-refractivity contribution is 5.76. The Labute approximate surface area is 167 Å². The first-order valence-electron chi connectivity index (χ1n) is 9.86. The lowest BCUT2D eigenvalue weighted by Crippen LogP contribution is -2.40. The Hall–Kier alpha value is -3.16. The number of piperidine rings is 1. The molecule has 152 valence electrons. The molecule has 3 aromatic rings. The molecule has 1 amide bonds. The molecule has 4 rings (SSSR count). The van der Waals surface area contributed by atoms with Gasteiger partial charge in [-0.25, -0.2) is 9.78 Å². The van der Waals surface area contributed by atoms with Crippen molar-refractivity contribution in [3.05, 3.63) is 62.3 Å². The van der Waals surface area contributed by atoms with Crippen LogP contribution in [0.15, 0.2) is 38.3 Å². The van der Waals surface area contributed by atoms with Crippen molar-refractivity contribution >= 4 is 17.0 Å². The van der Waals surface area contributed by atoms with Crippen LogP contribution in [0.25, 0.3) is 11.1 Å². The van der Waals surface area contributed by atoms with Crippen LogP contribution in [0.1, 0.15) is 42.3 Å². The number of oxazole rings is 1. The number of aryl methyl sites for hydroxylation is 1. The van der Waals surface area contributed by atoms with Gasteiger partial charge < -0.3 is 14.3 Å². The summed E-state index contributed by atoms with van der Waals surface area (Å²) in [5.74, 6) is 0.746. The minimum atomic E-state index is -0.445. The molecule has 0 spiro atoms. The number of aromatic nitrogens is 3. The Morgan fingerprint density at radius 2 is 2.10 bits per heavy atom. The summed E-state index contributed by atoms with van der Waals surface area (Å²) in [6.07, 6.45) is 2.34. The van der Waals surface area contributed by atoms with Crippen LogP contribution in [0.2, 0.25) is 0 Å². The summed E-state index contributed by atoms with van der Waals surface area (Å²) >= 11 is 0. The van der Waals surface area contributed by atoms with Crippen LogP contribution in [0.4, 0.5) is 0 Å². The standard InChI is InChI=1S/C21H24N4O4/c1-13-15(20(27)24(2)21(28)22-13)9-10-18(26)25-11-5-6-14(12-25)19-23-16-7-3-4-8-17(16)29-19/h3-4,7-8,14H,5-6,9-12H2,1-2H3,(H,22,28). The number of rotatable bonds is 4. The van der Waals surface area contributed by atoms with Crippen LogP contribution >= 0.6 is 0 Å². The predicted octanol–water partition coefficient (Wildman–Crippen LogP) is 1.86. The first-order chi connectivity index (χ1) is 13.9. The summed E-state index contributed by atoms with van der Waals surface area (Å²) < 4.78 is 6.93. The van der Waals surface area contributed by atoms with Crippen LogP contribution in [0.3, 0.4) is 0 Å². The normalized spacial score (nSPS) is 17.0. The van der Waals surface area contributed by atoms with Gasteiger partial charge in [0.15, 0.2) is 11.5 Å². The Morgan fingerprint density at radius 3 is 2.90 bits per heavy atom. The van der Waals surface area contributed by atoms with Gasteiger partial charge in [-0.3, -0.25) is 14.2 Å². The van der Waals surface area contributed by atoms with E-state index in [9.17, 15) is 14.4 Å². The highest BCUT2D eigenvalue weighted by Gasteiger charge is 2.28. The molecule has 0 bridgehead atoms. The Balaban J connectivity index is 1.45. The van der Waals surface area contributed by atoms with Crippen LogP contribution in [0.5, 0.6) is 0 Å². The molecule has 0 radical (unpaired) electrons. The molecule has 1 fully saturated rings. The van der Waals surface area contributed by atoms with Crippen molar-refractivity contribution < 1.29 is 9.21 Å². The van der Waals surface area contributed by atoms with Crippen molar-refractivity contribution in [2.24, 2.45) is 7.05 Å². The molecule has 29 heavy (non-hydrogen) atoms. The number of nitrogens with one attached hydrogen (secondary N) is 1. The lowest BCUT2D eigenvalue weighted by molar-refractivity contribution is -0.132. The Kier molecular flexibility index (Phi) is 5.08. The zero-order chi connectivity index (χ0) is 20.5. The van der Waals surface area contributed by atoms with Gasteiger partial charge in [-0.1, -0.05) is 12.1 Å². The fraction of sp³-hybridized carbons (Fsp3) is 0.429. The van der Waals surface area contributed by atoms with Crippen LogP contribution in [0, 0.1) is 6.92 Å². The smallest absolute Gasteiger partial charge is 0.328 e. The third kappa shape index (κ3) is 3.74. The molecule has 1 unspecified atom stereocenters. The van der Waals surface area contributed by atoms with Gasteiger partial charge in [-0.05, 0) is 38.3 Å². The molecule has 2 aromatic heterocycles. The van der Waals surface area contributed by atoms with E-state index < -0.39 is 5.69 Å². The van der Waals surface area contributed by atoms with E-state index in [0.29, 0.717) is 36.7 Å². The minimum Gasteiger partial charge on any atom is -0.440 e. The van der Waals surface area contributed by atoms with Crippen molar-refractivity contribution in [1.82, 2.24) is 19.4 Å². The molecule has 8 heteroatoms. The number of hydrogen-bond donors (Lipinski definition) is 1. The number of benzene rings is 1. The summed E-state index contributed by atoms with van der Waals surface area (Å²) in [4.78, 5) is 45.8. The number of fused-ring (bicyclic) bond motifs is 1. The number of carbonyl (C=O) groups is 1. The van der Waals surface area contributed by atoms with Gasteiger partial charge in [0.05, 0.1) is 5.92 Å². The number of amides is 1. The van der Waals surface area contributed by atoms with Crippen molar-refractivity contribution in [2.75, 3.05) is 13.1 Å². The molecule has 1 atom stereocenters. The van der Waals surface area contributed by atoms with Gasteiger partial charge in [-0.15, -0.1) is 0 Å². The van der Waals surface area contributed by atoms with Gasteiger partial charge in [-0.2, -0.15) is 0 Å². The number of H-pyrrole nitrogens is 1. The number of nitrogens with zero attached hydrogens (tertiary/aromatic N) is 3. The number of carbonyl (C=O) groups excluding carboxylic acids is 1. The molecule has 3 heterocycles. The molecule has 8 nitrogen and oxygen atoms in total. The maximum absolute atomic E-state index is 12.8. The van der Waals surface area contributed by atoms with Gasteiger partial charge in [0.25, 0.3) is 5.56 Å². The molecule has 1 saturated heterocycles. The zero-order valence-electron chi connectivity index (χ0n) is 16.6. The second-order valence-corrected chi connectivity index (χ2v) is 7.60. The number of likely N-dealkylation sites (tertiary alicyclic amines) is 1. The molecule has 1 aromatic carbocycles. The van der Waals surface area contributed by atoms with E-state index >= 15 is 0 Å². The maximum atomic E-state index is 12.8. The fourth-order valence-electron chi connectivity index (χ4n) is 3.93. The number of para-hydroxylation sites is 2. The molecule has 1 aliphatic rings. The maximum Gasteiger partial charge on any atom is 0.328 e. The lowest BCUT2D eigenvalue weighted by Gasteiger charge is -2.31. The average molecular weight is 396 g/mol. The van der Waals surface area contributed by atoms with Gasteiger partial charge in [0.2, 0.25) is 5.91 Å². The van der Waals surface area contributed by atoms with Crippen LogP contribution in [-0.2, 0) is 18.3 Å². The Bertz CT molecular complexity index is 1140. The van der Waals surface area contributed by atoms with Crippen molar-refractivity contribution in [1.29, 1.82) is 0 Å². The first kappa shape index (κ1) is 19.2. The first-order valence-corrected chi connectivity index (χ1v) is 9.86. The molecular formula is C21H24N4O4. The van der Waals surface area contributed by atoms with E-state index in [0.717, 1.165) is 28.5 Å². The van der Waals surface area contributed by atoms with E-state index in [4.69, 9.17) is 4.42 Å². The molecule has 0 aliphatic carbocycles. The quantitative estimate of drug-likeness (QED) is 0.725. The predicted molar refractivity (Wildman–Crippen MR) is 108 cm³/mol. The van der Waals surface area contributed by atoms with E-state index in [1.54, 1.807) is 6.92 Å². The largest absolute Gasteiger partial charge is 0.440 e. The molecule has 1 N–H and O–H groups in total. The number of aromatic amines is 1. The van der Waals surface area contributed by atoms with Crippen LogP contribution in [-0.4, -0.2) is 38.4 Å². The van der Waals surface area contributed by atoms with E-state index in [1.165, 1.54) is 7.05 Å². The molecular weight excluding hydrogens is 372 g/mol. The van der Waals surface area contributed by atoms with Gasteiger partial charge in [0.1, 0.15) is 5.52 Å². The van der Waals surface area contributed by atoms with E-state index in [2.05, 4.69) is 9.97 Å². The minimum absolute atomic E-state index is 0.00142. The van der Waals surface area contributed by atoms with Crippen molar-refractivity contribution in [3.8, 4) is 0 Å². The van der Waals surface area contributed by atoms with Crippen molar-refractivity contribution in [2.45, 2.75) is 38.5 Å². The summed E-state index contributed by atoms with van der Waals surface area (Å²) in [5.41, 5.74) is 1.80. The summed E-state index contributed by atoms with van der Waals surface area (Å²) in [7, 11) is 1.43. The van der Waals surface area contributed by atoms with Gasteiger partial charge in [0, 0.05) is 37.8 Å². The van der Waals surface area contributed by atoms with E-state index in [-0.39, 0.29) is 23.8 Å². The molecule has 1 aliphatic heterocycles. The third-order valence-corrected chi connectivity index (χ3v) is 5.64. The summed E-state index contributed by atoms with van der Waals surface area (Å²) in [6, 6.07) is 7.65.